The first kappa shape index (κ1) is 6.36. The third kappa shape index (κ3) is 0.894. The first-order valence-corrected chi connectivity index (χ1v) is 3.27. The molecule has 0 atom stereocenters. The highest BCUT2D eigenvalue weighted by Crippen LogP contribution is 2.08. The van der Waals surface area contributed by atoms with Gasteiger partial charge >= 0.3 is 0 Å². The van der Waals surface area contributed by atoms with Crippen LogP contribution < -0.4 is 5.73 Å². The molecule has 0 fully saturated rings. The molecule has 0 saturated carbocycles. The zero-order valence-electron chi connectivity index (χ0n) is 5.40. The molecule has 0 spiro atoms. The normalized spacial score (nSPS) is 10.6. The Morgan fingerprint density at radius 3 is 3.00 bits per heavy atom. The van der Waals surface area contributed by atoms with Crippen LogP contribution in [0, 0.1) is 0 Å². The summed E-state index contributed by atoms with van der Waals surface area (Å²) in [5.74, 6) is 0.194. The van der Waals surface area contributed by atoms with Gasteiger partial charge in [-0.2, -0.15) is 9.50 Å². The molecule has 2 heterocycles. The molecular formula is C5H4ClN5. The van der Waals surface area contributed by atoms with Crippen LogP contribution in [0.4, 0.5) is 5.95 Å². The number of fused-ring (bicyclic) bond motifs is 1. The molecule has 0 saturated heterocycles. The molecular weight excluding hydrogens is 166 g/mol. The van der Waals surface area contributed by atoms with Gasteiger partial charge < -0.3 is 5.73 Å². The SMILES string of the molecule is Nc1nc2cncc(Cl)n2n1. The number of halogens is 1. The van der Waals surface area contributed by atoms with E-state index in [-0.39, 0.29) is 5.95 Å². The van der Waals surface area contributed by atoms with E-state index in [4.69, 9.17) is 17.3 Å². The van der Waals surface area contributed by atoms with Crippen LogP contribution in [0.2, 0.25) is 5.15 Å². The zero-order chi connectivity index (χ0) is 7.84. The van der Waals surface area contributed by atoms with Crippen LogP contribution in [-0.2, 0) is 0 Å². The average molecular weight is 170 g/mol. The maximum atomic E-state index is 5.71. The van der Waals surface area contributed by atoms with Crippen molar-refractivity contribution in [1.29, 1.82) is 0 Å². The second-order valence-electron chi connectivity index (χ2n) is 1.97. The lowest BCUT2D eigenvalue weighted by molar-refractivity contribution is 0.953. The predicted molar refractivity (Wildman–Crippen MR) is 40.2 cm³/mol. The minimum atomic E-state index is 0.194. The Hall–Kier alpha value is -1.36. The van der Waals surface area contributed by atoms with Crippen LogP contribution in [0.25, 0.3) is 5.65 Å². The summed E-state index contributed by atoms with van der Waals surface area (Å²) >= 11 is 5.71. The Morgan fingerprint density at radius 2 is 2.27 bits per heavy atom. The van der Waals surface area contributed by atoms with Gasteiger partial charge in [-0.15, -0.1) is 5.10 Å². The van der Waals surface area contributed by atoms with Gasteiger partial charge in [-0.25, -0.2) is 0 Å². The minimum Gasteiger partial charge on any atom is -0.366 e. The van der Waals surface area contributed by atoms with Crippen LogP contribution in [0.15, 0.2) is 12.4 Å². The van der Waals surface area contributed by atoms with Crippen molar-refractivity contribution in [3.05, 3.63) is 17.5 Å². The second-order valence-corrected chi connectivity index (χ2v) is 2.36. The Morgan fingerprint density at radius 1 is 1.45 bits per heavy atom. The summed E-state index contributed by atoms with van der Waals surface area (Å²) in [4.78, 5) is 7.67. The smallest absolute Gasteiger partial charge is 0.240 e. The molecule has 2 aromatic rings. The van der Waals surface area contributed by atoms with E-state index < -0.39 is 0 Å². The maximum Gasteiger partial charge on any atom is 0.240 e. The molecule has 0 aliphatic heterocycles. The number of anilines is 1. The highest BCUT2D eigenvalue weighted by Gasteiger charge is 2.01. The van der Waals surface area contributed by atoms with Crippen molar-refractivity contribution in [3.8, 4) is 0 Å². The fourth-order valence-corrected chi connectivity index (χ4v) is 0.982. The van der Waals surface area contributed by atoms with E-state index in [0.29, 0.717) is 10.8 Å². The molecule has 2 aromatic heterocycles. The average Bonchev–Trinajstić information content (AvgIpc) is 2.31. The molecule has 0 unspecified atom stereocenters. The van der Waals surface area contributed by atoms with Crippen LogP contribution in [-0.4, -0.2) is 19.6 Å². The molecule has 0 aromatic carbocycles. The fraction of sp³-hybridized carbons (Fsp3) is 0. The molecule has 0 bridgehead atoms. The Balaban J connectivity index is 2.90. The monoisotopic (exact) mass is 169 g/mol. The van der Waals surface area contributed by atoms with Crippen LogP contribution in [0.1, 0.15) is 0 Å². The minimum absolute atomic E-state index is 0.194. The summed E-state index contributed by atoms with van der Waals surface area (Å²) in [6, 6.07) is 0. The summed E-state index contributed by atoms with van der Waals surface area (Å²) in [5.41, 5.74) is 5.88. The number of hydrogen-bond donors (Lipinski definition) is 1. The van der Waals surface area contributed by atoms with E-state index in [1.807, 2.05) is 0 Å². The molecule has 0 aliphatic carbocycles. The summed E-state index contributed by atoms with van der Waals surface area (Å²) in [6.07, 6.45) is 3.01. The van der Waals surface area contributed by atoms with E-state index >= 15 is 0 Å². The highest BCUT2D eigenvalue weighted by molar-refractivity contribution is 6.29. The quantitative estimate of drug-likeness (QED) is 0.618. The summed E-state index contributed by atoms with van der Waals surface area (Å²) in [7, 11) is 0. The molecule has 0 aliphatic rings. The molecule has 11 heavy (non-hydrogen) atoms. The molecule has 5 nitrogen and oxygen atoms in total. The Labute approximate surface area is 66.8 Å². The number of nitrogens with two attached hydrogens (primary N) is 1. The predicted octanol–water partition coefficient (Wildman–Crippen LogP) is 0.360. The number of hydrogen-bond acceptors (Lipinski definition) is 4. The summed E-state index contributed by atoms with van der Waals surface area (Å²) in [5, 5.41) is 4.22. The van der Waals surface area contributed by atoms with Gasteiger partial charge in [-0.05, 0) is 0 Å². The van der Waals surface area contributed by atoms with Crippen molar-refractivity contribution in [3.63, 3.8) is 0 Å². The standard InChI is InChI=1S/C5H4ClN5/c6-3-1-8-2-4-9-5(7)10-11(3)4/h1-2H,(H2,7,10). The largest absolute Gasteiger partial charge is 0.366 e. The van der Waals surface area contributed by atoms with Crippen LogP contribution >= 0.6 is 11.6 Å². The van der Waals surface area contributed by atoms with Gasteiger partial charge in [0.2, 0.25) is 5.95 Å². The van der Waals surface area contributed by atoms with Gasteiger partial charge in [0, 0.05) is 0 Å². The Bertz CT molecular complexity index is 395. The van der Waals surface area contributed by atoms with E-state index in [1.54, 1.807) is 0 Å². The van der Waals surface area contributed by atoms with Crippen molar-refractivity contribution < 1.29 is 0 Å². The first-order chi connectivity index (χ1) is 5.27. The summed E-state index contributed by atoms with van der Waals surface area (Å²) in [6.45, 7) is 0. The molecule has 0 amide bonds. The highest BCUT2D eigenvalue weighted by atomic mass is 35.5. The Kier molecular flexibility index (Phi) is 1.19. The van der Waals surface area contributed by atoms with Gasteiger partial charge in [-0.1, -0.05) is 11.6 Å². The van der Waals surface area contributed by atoms with E-state index in [0.717, 1.165) is 0 Å². The van der Waals surface area contributed by atoms with Crippen LogP contribution in [0.5, 0.6) is 0 Å². The van der Waals surface area contributed by atoms with Gasteiger partial charge in [-0.3, -0.25) is 4.98 Å². The van der Waals surface area contributed by atoms with Crippen molar-refractivity contribution in [2.24, 2.45) is 0 Å². The third-order valence-electron chi connectivity index (χ3n) is 1.22. The topological polar surface area (TPSA) is 69.1 Å². The molecule has 0 radical (unpaired) electrons. The van der Waals surface area contributed by atoms with Gasteiger partial charge in [0.1, 0.15) is 0 Å². The van der Waals surface area contributed by atoms with Gasteiger partial charge in [0.25, 0.3) is 0 Å². The molecule has 2 N–H and O–H groups in total. The second kappa shape index (κ2) is 2.06. The van der Waals surface area contributed by atoms with Crippen molar-refractivity contribution in [2.75, 3.05) is 5.73 Å². The third-order valence-corrected chi connectivity index (χ3v) is 1.48. The molecule has 2 rings (SSSR count). The number of nitrogen functional groups attached to an aromatic ring is 1. The summed E-state index contributed by atoms with van der Waals surface area (Å²) < 4.78 is 1.42. The zero-order valence-corrected chi connectivity index (χ0v) is 6.15. The van der Waals surface area contributed by atoms with Crippen molar-refractivity contribution in [2.45, 2.75) is 0 Å². The lowest BCUT2D eigenvalue weighted by Crippen LogP contribution is -1.91. The number of aromatic nitrogens is 4. The molecule has 56 valence electrons. The van der Waals surface area contributed by atoms with Gasteiger partial charge in [0.05, 0.1) is 12.4 Å². The lowest BCUT2D eigenvalue weighted by atomic mass is 10.7. The van der Waals surface area contributed by atoms with Crippen LogP contribution in [0.3, 0.4) is 0 Å². The number of rotatable bonds is 0. The maximum absolute atomic E-state index is 5.71. The van der Waals surface area contributed by atoms with E-state index in [1.165, 1.54) is 16.9 Å². The lowest BCUT2D eigenvalue weighted by Gasteiger charge is -1.90. The number of nitrogens with zero attached hydrogens (tertiary/aromatic N) is 4. The van der Waals surface area contributed by atoms with E-state index in [9.17, 15) is 0 Å². The molecule has 6 heteroatoms. The van der Waals surface area contributed by atoms with E-state index in [2.05, 4.69) is 15.1 Å². The fourth-order valence-electron chi connectivity index (χ4n) is 0.802. The first-order valence-electron chi connectivity index (χ1n) is 2.89. The van der Waals surface area contributed by atoms with Crippen molar-refractivity contribution >= 4 is 23.2 Å². The van der Waals surface area contributed by atoms with Crippen molar-refractivity contribution in [1.82, 2.24) is 19.6 Å². The van der Waals surface area contributed by atoms with Gasteiger partial charge in [0.15, 0.2) is 10.8 Å².